The smallest absolute Gasteiger partial charge is 0.356 e. The largest absolute Gasteiger partial charge is 0.461 e. The first-order chi connectivity index (χ1) is 15.8. The fraction of sp³-hybridized carbons (Fsp3) is 0.391. The van der Waals surface area contributed by atoms with Gasteiger partial charge in [0.15, 0.2) is 0 Å². The number of benzene rings is 1. The van der Waals surface area contributed by atoms with Crippen molar-refractivity contribution in [3.8, 4) is 11.3 Å². The first-order valence-corrected chi connectivity index (χ1v) is 11.5. The second-order valence-electron chi connectivity index (χ2n) is 7.92. The van der Waals surface area contributed by atoms with Crippen LogP contribution < -0.4 is 0 Å². The molecule has 1 aliphatic heterocycles. The van der Waals surface area contributed by atoms with E-state index >= 15 is 0 Å². The second-order valence-corrected chi connectivity index (χ2v) is 8.73. The van der Waals surface area contributed by atoms with E-state index in [0.29, 0.717) is 70.9 Å². The van der Waals surface area contributed by atoms with Crippen LogP contribution >= 0.6 is 23.2 Å². The van der Waals surface area contributed by atoms with Crippen molar-refractivity contribution in [1.29, 1.82) is 0 Å². The average Bonchev–Trinajstić information content (AvgIpc) is 3.36. The fourth-order valence-electron chi connectivity index (χ4n) is 4.14. The molecular formula is C23H24Cl2N4O4. The molecule has 2 aromatic heterocycles. The third-order valence-electron chi connectivity index (χ3n) is 5.72. The Bertz CT molecular complexity index is 1180. The van der Waals surface area contributed by atoms with Crippen molar-refractivity contribution in [3.05, 3.63) is 57.0 Å². The van der Waals surface area contributed by atoms with Gasteiger partial charge in [0, 0.05) is 18.7 Å². The molecule has 1 saturated heterocycles. The minimum absolute atomic E-state index is 0.0109. The Balaban J connectivity index is 1.54. The molecule has 0 saturated carbocycles. The van der Waals surface area contributed by atoms with Gasteiger partial charge < -0.3 is 14.2 Å². The van der Waals surface area contributed by atoms with Crippen molar-refractivity contribution < 1.29 is 18.8 Å². The van der Waals surface area contributed by atoms with E-state index in [9.17, 15) is 9.59 Å². The second kappa shape index (κ2) is 9.57. The molecule has 33 heavy (non-hydrogen) atoms. The summed E-state index contributed by atoms with van der Waals surface area (Å²) in [4.78, 5) is 27.5. The van der Waals surface area contributed by atoms with Crippen molar-refractivity contribution in [2.45, 2.75) is 39.7 Å². The zero-order valence-electron chi connectivity index (χ0n) is 18.6. The number of likely N-dealkylation sites (tertiary alicyclic amines) is 1. The molecular weight excluding hydrogens is 467 g/mol. The van der Waals surface area contributed by atoms with Gasteiger partial charge in [-0.3, -0.25) is 9.48 Å². The summed E-state index contributed by atoms with van der Waals surface area (Å²) in [5, 5.41) is 9.37. The molecule has 1 aliphatic rings. The van der Waals surface area contributed by atoms with Gasteiger partial charge in [0.2, 0.25) is 0 Å². The van der Waals surface area contributed by atoms with Gasteiger partial charge >= 0.3 is 5.97 Å². The molecule has 3 aromatic rings. The summed E-state index contributed by atoms with van der Waals surface area (Å²) in [7, 11) is 0. The van der Waals surface area contributed by atoms with Crippen molar-refractivity contribution in [3.63, 3.8) is 0 Å². The van der Waals surface area contributed by atoms with E-state index < -0.39 is 5.97 Å². The normalized spacial score (nSPS) is 14.5. The van der Waals surface area contributed by atoms with Crippen molar-refractivity contribution >= 4 is 35.1 Å². The number of carbonyl (C=O) groups excluding carboxylic acids is 2. The maximum atomic E-state index is 13.4. The third kappa shape index (κ3) is 4.50. The predicted octanol–water partition coefficient (Wildman–Crippen LogP) is 5.12. The van der Waals surface area contributed by atoms with Crippen LogP contribution in [-0.2, 0) is 4.74 Å². The van der Waals surface area contributed by atoms with Crippen LogP contribution in [0.5, 0.6) is 0 Å². The highest BCUT2D eigenvalue weighted by atomic mass is 35.5. The van der Waals surface area contributed by atoms with Gasteiger partial charge in [-0.05, 0) is 51.8 Å². The molecule has 0 spiro atoms. The topological polar surface area (TPSA) is 90.5 Å². The zero-order chi connectivity index (χ0) is 23.7. The molecule has 0 radical (unpaired) electrons. The number of aryl methyl sites for hydroxylation is 2. The number of rotatable bonds is 5. The highest BCUT2D eigenvalue weighted by molar-refractivity contribution is 6.39. The molecule has 10 heteroatoms. The first kappa shape index (κ1) is 23.3. The predicted molar refractivity (Wildman–Crippen MR) is 124 cm³/mol. The van der Waals surface area contributed by atoms with Crippen LogP contribution in [0, 0.1) is 13.8 Å². The molecule has 174 valence electrons. The third-order valence-corrected chi connectivity index (χ3v) is 6.35. The number of piperidine rings is 1. The monoisotopic (exact) mass is 490 g/mol. The first-order valence-electron chi connectivity index (χ1n) is 10.7. The van der Waals surface area contributed by atoms with E-state index in [0.717, 1.165) is 5.69 Å². The standard InChI is InChI=1S/C23H24Cl2N4O4/c1-4-32-23(31)18-12-13(2)26-29(18)15-8-10-28(11-9-15)22(30)19-14(3)33-27-21(19)20-16(24)6-5-7-17(20)25/h5-7,12,15H,4,8-11H2,1-3H3. The van der Waals surface area contributed by atoms with E-state index in [1.165, 1.54) is 0 Å². The lowest BCUT2D eigenvalue weighted by molar-refractivity contribution is 0.0498. The van der Waals surface area contributed by atoms with Crippen molar-refractivity contribution in [2.75, 3.05) is 19.7 Å². The van der Waals surface area contributed by atoms with Crippen LogP contribution in [-0.4, -0.2) is 51.4 Å². The number of hydrogen-bond donors (Lipinski definition) is 0. The van der Waals surface area contributed by atoms with Gasteiger partial charge in [-0.15, -0.1) is 0 Å². The van der Waals surface area contributed by atoms with Crippen LogP contribution in [0.4, 0.5) is 0 Å². The SMILES string of the molecule is CCOC(=O)c1cc(C)nn1C1CCN(C(=O)c2c(-c3c(Cl)cccc3Cl)noc2C)CC1. The molecule has 1 fully saturated rings. The van der Waals surface area contributed by atoms with E-state index in [1.807, 2.05) is 6.92 Å². The quantitative estimate of drug-likeness (QED) is 0.461. The molecule has 8 nitrogen and oxygen atoms in total. The van der Waals surface area contributed by atoms with E-state index in [1.54, 1.807) is 47.7 Å². The Hall–Kier alpha value is -2.84. The number of carbonyl (C=O) groups is 2. The minimum Gasteiger partial charge on any atom is -0.461 e. The highest BCUT2D eigenvalue weighted by Gasteiger charge is 2.32. The molecule has 0 unspecified atom stereocenters. The Kier molecular flexibility index (Phi) is 6.76. The summed E-state index contributed by atoms with van der Waals surface area (Å²) in [5.74, 6) is -0.182. The number of amides is 1. The number of halogens is 2. The van der Waals surface area contributed by atoms with E-state index in [4.69, 9.17) is 32.5 Å². The number of aromatic nitrogens is 3. The van der Waals surface area contributed by atoms with Gasteiger partial charge in [-0.2, -0.15) is 5.10 Å². The van der Waals surface area contributed by atoms with Crippen LogP contribution in [0.1, 0.15) is 58.1 Å². The number of nitrogens with zero attached hydrogens (tertiary/aromatic N) is 4. The highest BCUT2D eigenvalue weighted by Crippen LogP contribution is 2.37. The van der Waals surface area contributed by atoms with E-state index in [-0.39, 0.29) is 11.9 Å². The molecule has 0 N–H and O–H groups in total. The lowest BCUT2D eigenvalue weighted by Crippen LogP contribution is -2.40. The molecule has 0 aliphatic carbocycles. The zero-order valence-corrected chi connectivity index (χ0v) is 20.1. The van der Waals surface area contributed by atoms with Crippen LogP contribution in [0.3, 0.4) is 0 Å². The minimum atomic E-state index is -0.391. The van der Waals surface area contributed by atoms with Crippen LogP contribution in [0.2, 0.25) is 10.0 Å². The van der Waals surface area contributed by atoms with Gasteiger partial charge in [0.25, 0.3) is 5.91 Å². The summed E-state index contributed by atoms with van der Waals surface area (Å²) in [6.07, 6.45) is 1.29. The molecule has 0 bridgehead atoms. The van der Waals surface area contributed by atoms with Gasteiger partial charge in [0.1, 0.15) is 22.7 Å². The molecule has 4 rings (SSSR count). The Morgan fingerprint density at radius 1 is 1.18 bits per heavy atom. The van der Waals surface area contributed by atoms with Gasteiger partial charge in [-0.1, -0.05) is 34.4 Å². The number of hydrogen-bond acceptors (Lipinski definition) is 6. The Morgan fingerprint density at radius 3 is 2.48 bits per heavy atom. The van der Waals surface area contributed by atoms with Crippen molar-refractivity contribution in [1.82, 2.24) is 19.8 Å². The molecule has 1 amide bonds. The summed E-state index contributed by atoms with van der Waals surface area (Å²) in [6, 6.07) is 6.84. The lowest BCUT2D eigenvalue weighted by Gasteiger charge is -2.32. The summed E-state index contributed by atoms with van der Waals surface area (Å²) < 4.78 is 12.2. The maximum Gasteiger partial charge on any atom is 0.356 e. The van der Waals surface area contributed by atoms with Gasteiger partial charge in [-0.25, -0.2) is 4.79 Å². The average molecular weight is 491 g/mol. The van der Waals surface area contributed by atoms with Crippen LogP contribution in [0.25, 0.3) is 11.3 Å². The fourth-order valence-corrected chi connectivity index (χ4v) is 4.72. The number of esters is 1. The molecule has 0 atom stereocenters. The summed E-state index contributed by atoms with van der Waals surface area (Å²) in [5.41, 5.74) is 2.35. The van der Waals surface area contributed by atoms with E-state index in [2.05, 4.69) is 10.3 Å². The molecule has 3 heterocycles. The number of ether oxygens (including phenoxy) is 1. The Labute approximate surface area is 201 Å². The van der Waals surface area contributed by atoms with Crippen LogP contribution in [0.15, 0.2) is 28.8 Å². The lowest BCUT2D eigenvalue weighted by atomic mass is 10.0. The summed E-state index contributed by atoms with van der Waals surface area (Å²) >= 11 is 12.7. The van der Waals surface area contributed by atoms with Gasteiger partial charge in [0.05, 0.1) is 28.4 Å². The summed E-state index contributed by atoms with van der Waals surface area (Å²) in [6.45, 7) is 6.58. The van der Waals surface area contributed by atoms with Crippen molar-refractivity contribution in [2.24, 2.45) is 0 Å². The molecule has 1 aromatic carbocycles. The maximum absolute atomic E-state index is 13.4. The Morgan fingerprint density at radius 2 is 1.85 bits per heavy atom.